The second-order valence-corrected chi connectivity index (χ2v) is 17.6. The van der Waals surface area contributed by atoms with Gasteiger partial charge in [0.2, 0.25) is 0 Å². The van der Waals surface area contributed by atoms with Gasteiger partial charge in [-0.2, -0.15) is 0 Å². The summed E-state index contributed by atoms with van der Waals surface area (Å²) in [5, 5.41) is 25.4. The summed E-state index contributed by atoms with van der Waals surface area (Å²) in [4.78, 5) is 5.26. The summed E-state index contributed by atoms with van der Waals surface area (Å²) in [6.07, 6.45) is 5.55. The molecule has 0 aliphatic carbocycles. The Labute approximate surface area is 304 Å². The van der Waals surface area contributed by atoms with E-state index in [0.717, 1.165) is 47.9 Å². The van der Waals surface area contributed by atoms with Crippen LogP contribution in [0.4, 0.5) is 0 Å². The van der Waals surface area contributed by atoms with E-state index in [9.17, 15) is 10.2 Å². The molecule has 0 fully saturated rings. The summed E-state index contributed by atoms with van der Waals surface area (Å²) in [7, 11) is 0. The molecule has 0 spiro atoms. The van der Waals surface area contributed by atoms with Crippen LogP contribution in [0.25, 0.3) is 0 Å². The molecule has 0 aliphatic heterocycles. The predicted octanol–water partition coefficient (Wildman–Crippen LogP) is 11.3. The zero-order valence-corrected chi connectivity index (χ0v) is 33.8. The number of aryl methyl sites for hydroxylation is 1. The molecule has 0 aromatic heterocycles. The van der Waals surface area contributed by atoms with Gasteiger partial charge in [-0.3, -0.25) is 4.99 Å². The van der Waals surface area contributed by atoms with Crippen LogP contribution in [0.5, 0.6) is 17.2 Å². The Morgan fingerprint density at radius 3 is 1.52 bits per heavy atom. The first-order valence-corrected chi connectivity index (χ1v) is 18.8. The second kappa shape index (κ2) is 16.4. The van der Waals surface area contributed by atoms with Crippen LogP contribution in [-0.2, 0) is 21.8 Å². The average Bonchev–Trinajstić information content (AvgIpc) is 3.01. The van der Waals surface area contributed by atoms with Gasteiger partial charge >= 0.3 is 0 Å². The molecule has 0 radical (unpaired) electrons. The van der Waals surface area contributed by atoms with Crippen molar-refractivity contribution in [1.29, 1.82) is 0 Å². The third-order valence-electron chi connectivity index (χ3n) is 9.55. The number of aliphatic hydroxyl groups is 1. The summed E-state index contributed by atoms with van der Waals surface area (Å²) >= 11 is 0. The quantitative estimate of drug-likeness (QED) is 0.131. The zero-order chi connectivity index (χ0) is 37.7. The van der Waals surface area contributed by atoms with Gasteiger partial charge in [0.25, 0.3) is 0 Å². The molecule has 276 valence electrons. The Morgan fingerprint density at radius 2 is 1.14 bits per heavy atom. The number of nitrogens with zero attached hydrogens (tertiary/aromatic N) is 1. The van der Waals surface area contributed by atoms with E-state index in [1.807, 2.05) is 31.2 Å². The van der Waals surface area contributed by atoms with Gasteiger partial charge in [-0.15, -0.1) is 0 Å². The maximum Gasteiger partial charge on any atom is 0.144 e. The number of phenolic OH excluding ortho intramolecular Hbond substituents is 1. The fraction of sp³-hybridized carbons (Fsp3) is 0.578. The predicted molar refractivity (Wildman–Crippen MR) is 212 cm³/mol. The number of aliphatic imine (C=N–C) groups is 1. The highest BCUT2D eigenvalue weighted by Gasteiger charge is 2.47. The van der Waals surface area contributed by atoms with Crippen molar-refractivity contribution in [2.75, 3.05) is 13.2 Å². The van der Waals surface area contributed by atoms with Crippen molar-refractivity contribution in [3.05, 3.63) is 87.5 Å². The maximum absolute atomic E-state index is 13.9. The molecule has 3 aromatic carbocycles. The number of unbranched alkanes of at least 4 members (excludes halogenated alkanes) is 2. The van der Waals surface area contributed by atoms with Gasteiger partial charge in [0.1, 0.15) is 22.8 Å². The smallest absolute Gasteiger partial charge is 0.144 e. The minimum Gasteiger partial charge on any atom is -0.507 e. The lowest BCUT2D eigenvalue weighted by Gasteiger charge is -2.40. The molecule has 5 nitrogen and oxygen atoms in total. The fourth-order valence-electron chi connectivity index (χ4n) is 6.36. The van der Waals surface area contributed by atoms with Crippen LogP contribution in [0.3, 0.4) is 0 Å². The van der Waals surface area contributed by atoms with Gasteiger partial charge in [-0.25, -0.2) is 0 Å². The third-order valence-corrected chi connectivity index (χ3v) is 9.55. The summed E-state index contributed by atoms with van der Waals surface area (Å²) < 4.78 is 13.1. The molecule has 50 heavy (non-hydrogen) atoms. The first-order valence-electron chi connectivity index (χ1n) is 18.8. The van der Waals surface area contributed by atoms with Gasteiger partial charge in [0.05, 0.1) is 19.3 Å². The number of hydrogen-bond acceptors (Lipinski definition) is 5. The van der Waals surface area contributed by atoms with E-state index in [2.05, 4.69) is 114 Å². The van der Waals surface area contributed by atoms with Crippen LogP contribution in [0.1, 0.15) is 155 Å². The van der Waals surface area contributed by atoms with Crippen LogP contribution in [-0.4, -0.2) is 35.7 Å². The molecule has 0 amide bonds. The highest BCUT2D eigenvalue weighted by atomic mass is 16.5. The van der Waals surface area contributed by atoms with E-state index >= 15 is 0 Å². The van der Waals surface area contributed by atoms with Gasteiger partial charge in [-0.1, -0.05) is 121 Å². The van der Waals surface area contributed by atoms with E-state index in [1.54, 1.807) is 6.21 Å². The Kier molecular flexibility index (Phi) is 13.5. The monoisotopic (exact) mass is 686 g/mol. The van der Waals surface area contributed by atoms with E-state index in [1.165, 1.54) is 0 Å². The van der Waals surface area contributed by atoms with Crippen molar-refractivity contribution in [3.8, 4) is 17.2 Å². The van der Waals surface area contributed by atoms with E-state index < -0.39 is 11.6 Å². The van der Waals surface area contributed by atoms with Crippen molar-refractivity contribution < 1.29 is 19.7 Å². The van der Waals surface area contributed by atoms with Crippen LogP contribution >= 0.6 is 0 Å². The van der Waals surface area contributed by atoms with Crippen LogP contribution in [0.2, 0.25) is 0 Å². The average molecular weight is 686 g/mol. The molecule has 1 unspecified atom stereocenters. The van der Waals surface area contributed by atoms with Crippen LogP contribution in [0.15, 0.2) is 53.5 Å². The normalized spacial score (nSPS) is 13.7. The van der Waals surface area contributed by atoms with Crippen LogP contribution < -0.4 is 9.47 Å². The number of rotatable bonds is 14. The highest BCUT2D eigenvalue weighted by Crippen LogP contribution is 2.48. The topological polar surface area (TPSA) is 71.3 Å². The highest BCUT2D eigenvalue weighted by molar-refractivity contribution is 5.85. The largest absolute Gasteiger partial charge is 0.507 e. The third kappa shape index (κ3) is 9.72. The summed E-state index contributed by atoms with van der Waals surface area (Å²) in [5.74, 6) is 1.39. The lowest BCUT2D eigenvalue weighted by atomic mass is 9.72. The molecule has 0 bridgehead atoms. The molecule has 1 atom stereocenters. The Bertz CT molecular complexity index is 1530. The maximum atomic E-state index is 13.9. The summed E-state index contributed by atoms with van der Waals surface area (Å²) in [5.41, 5.74) is 3.78. The first-order chi connectivity index (χ1) is 23.2. The van der Waals surface area contributed by atoms with Crippen molar-refractivity contribution in [1.82, 2.24) is 0 Å². The number of ether oxygens (including phenoxy) is 2. The molecule has 3 aromatic rings. The van der Waals surface area contributed by atoms with Crippen molar-refractivity contribution in [2.24, 2.45) is 10.9 Å². The minimum absolute atomic E-state index is 0.117. The minimum atomic E-state index is -1.66. The molecule has 0 heterocycles. The zero-order valence-electron chi connectivity index (χ0n) is 33.8. The number of hydrogen-bond donors (Lipinski definition) is 2. The number of phenols is 1. The van der Waals surface area contributed by atoms with Crippen LogP contribution in [0, 0.1) is 12.8 Å². The van der Waals surface area contributed by atoms with E-state index in [0.29, 0.717) is 41.4 Å². The van der Waals surface area contributed by atoms with Gasteiger partial charge in [0.15, 0.2) is 0 Å². The summed E-state index contributed by atoms with van der Waals surface area (Å²) in [6, 6.07) is 15.8. The van der Waals surface area contributed by atoms with Crippen molar-refractivity contribution in [3.63, 3.8) is 0 Å². The molecule has 5 heteroatoms. The van der Waals surface area contributed by atoms with Gasteiger partial charge in [0, 0.05) is 28.5 Å². The van der Waals surface area contributed by atoms with Crippen molar-refractivity contribution in [2.45, 2.75) is 151 Å². The number of benzene rings is 3. The fourth-order valence-corrected chi connectivity index (χ4v) is 6.36. The molecular weight excluding hydrogens is 618 g/mol. The molecule has 0 aliphatic rings. The molecule has 0 saturated carbocycles. The van der Waals surface area contributed by atoms with E-state index in [4.69, 9.17) is 14.5 Å². The second-order valence-electron chi connectivity index (χ2n) is 17.6. The standard InChI is InChI=1S/C45H67NO4/c1-15-17-23-49-38-21-19-33(42(6,7)8)27-35(38)45(48,36-28-34(43(9,10)11)20-22-39(36)50-24-18-16-2)41(30(3)4)46-29-32-25-31(5)26-37(40(32)47)44(12,13)14/h19-22,25-30,41,47-48H,15-18,23-24H2,1-14H3. The van der Waals surface area contributed by atoms with Gasteiger partial charge in [-0.05, 0) is 89.0 Å². The summed E-state index contributed by atoms with van der Waals surface area (Å²) in [6.45, 7) is 31.0. The molecule has 2 N–H and O–H groups in total. The number of aromatic hydroxyl groups is 1. The Morgan fingerprint density at radius 1 is 0.680 bits per heavy atom. The molecular formula is C45H67NO4. The lowest BCUT2D eigenvalue weighted by molar-refractivity contribution is 0.0306. The first kappa shape index (κ1) is 41.1. The Hall–Kier alpha value is -3.31. The van der Waals surface area contributed by atoms with E-state index in [-0.39, 0.29) is 27.9 Å². The molecule has 3 rings (SSSR count). The van der Waals surface area contributed by atoms with Crippen molar-refractivity contribution >= 4 is 6.21 Å². The molecule has 0 saturated heterocycles. The SMILES string of the molecule is CCCCOc1ccc(C(C)(C)C)cc1C(O)(c1cc(C(C)(C)C)ccc1OCCCC)C(N=Cc1cc(C)cc(C(C)(C)C)c1O)C(C)C. The van der Waals surface area contributed by atoms with Gasteiger partial charge < -0.3 is 19.7 Å². The lowest BCUT2D eigenvalue weighted by Crippen LogP contribution is -2.44. The Balaban J connectivity index is 2.51.